The van der Waals surface area contributed by atoms with E-state index in [-0.39, 0.29) is 11.9 Å². The molecule has 1 amide bonds. The lowest BCUT2D eigenvalue weighted by molar-refractivity contribution is 0.0930. The summed E-state index contributed by atoms with van der Waals surface area (Å²) in [6, 6.07) is 11.3. The van der Waals surface area contributed by atoms with E-state index in [0.29, 0.717) is 11.5 Å². The van der Waals surface area contributed by atoms with E-state index < -0.39 is 0 Å². The van der Waals surface area contributed by atoms with Crippen molar-refractivity contribution in [3.05, 3.63) is 53.4 Å². The maximum absolute atomic E-state index is 11.8. The Labute approximate surface area is 99.6 Å². The summed E-state index contributed by atoms with van der Waals surface area (Å²) in [6.07, 6.45) is 0. The van der Waals surface area contributed by atoms with Crippen molar-refractivity contribution in [2.75, 3.05) is 0 Å². The molecule has 17 heavy (non-hydrogen) atoms. The van der Waals surface area contributed by atoms with Crippen molar-refractivity contribution in [1.82, 2.24) is 10.5 Å². The maximum atomic E-state index is 11.8. The quantitative estimate of drug-likeness (QED) is 0.881. The summed E-state index contributed by atoms with van der Waals surface area (Å²) in [6.45, 7) is 3.69. The summed E-state index contributed by atoms with van der Waals surface area (Å²) in [5.41, 5.74) is 1.37. The first-order valence-corrected chi connectivity index (χ1v) is 5.46. The molecule has 88 valence electrons. The zero-order chi connectivity index (χ0) is 12.3. The van der Waals surface area contributed by atoms with E-state index in [4.69, 9.17) is 4.52 Å². The Kier molecular flexibility index (Phi) is 3.23. The number of rotatable bonds is 3. The zero-order valence-corrected chi connectivity index (χ0v) is 9.81. The topological polar surface area (TPSA) is 55.1 Å². The molecule has 1 atom stereocenters. The minimum absolute atomic E-state index is 0.0549. The van der Waals surface area contributed by atoms with Crippen molar-refractivity contribution in [1.29, 1.82) is 0 Å². The maximum Gasteiger partial charge on any atom is 0.273 e. The minimum atomic E-state index is -0.224. The number of carbonyl (C=O) groups excluding carboxylic acids is 1. The number of benzene rings is 1. The van der Waals surface area contributed by atoms with Crippen LogP contribution in [0.5, 0.6) is 0 Å². The van der Waals surface area contributed by atoms with Gasteiger partial charge < -0.3 is 9.84 Å². The smallest absolute Gasteiger partial charge is 0.273 e. The highest BCUT2D eigenvalue weighted by Crippen LogP contribution is 2.12. The van der Waals surface area contributed by atoms with Crippen LogP contribution in [0.3, 0.4) is 0 Å². The second kappa shape index (κ2) is 4.82. The van der Waals surface area contributed by atoms with Gasteiger partial charge >= 0.3 is 0 Å². The third-order valence-corrected chi connectivity index (χ3v) is 2.51. The van der Waals surface area contributed by atoms with Gasteiger partial charge in [-0.3, -0.25) is 4.79 Å². The number of amides is 1. The molecule has 0 saturated carbocycles. The zero-order valence-electron chi connectivity index (χ0n) is 9.81. The molecule has 4 heteroatoms. The Hall–Kier alpha value is -2.10. The number of nitrogens with zero attached hydrogens (tertiary/aromatic N) is 1. The van der Waals surface area contributed by atoms with Crippen LogP contribution in [-0.2, 0) is 0 Å². The average molecular weight is 230 g/mol. The number of hydrogen-bond donors (Lipinski definition) is 1. The molecule has 1 aromatic heterocycles. The molecule has 0 bridgehead atoms. The van der Waals surface area contributed by atoms with Crippen LogP contribution in [-0.4, -0.2) is 11.1 Å². The van der Waals surface area contributed by atoms with E-state index in [1.165, 1.54) is 0 Å². The molecule has 1 aromatic carbocycles. The highest BCUT2D eigenvalue weighted by Gasteiger charge is 2.14. The Balaban J connectivity index is 2.04. The summed E-state index contributed by atoms with van der Waals surface area (Å²) >= 11 is 0. The Bertz CT molecular complexity index is 505. The van der Waals surface area contributed by atoms with Crippen LogP contribution in [0.15, 0.2) is 40.9 Å². The first-order valence-electron chi connectivity index (χ1n) is 5.46. The van der Waals surface area contributed by atoms with Gasteiger partial charge in [0, 0.05) is 6.07 Å². The molecule has 0 radical (unpaired) electrons. The third-order valence-electron chi connectivity index (χ3n) is 2.51. The van der Waals surface area contributed by atoms with Crippen molar-refractivity contribution >= 4 is 5.91 Å². The molecular formula is C13H14N2O2. The van der Waals surface area contributed by atoms with Crippen LogP contribution in [0, 0.1) is 6.92 Å². The lowest BCUT2D eigenvalue weighted by atomic mass is 10.1. The van der Waals surface area contributed by atoms with Crippen LogP contribution in [0.25, 0.3) is 0 Å². The normalized spacial score (nSPS) is 12.1. The predicted molar refractivity (Wildman–Crippen MR) is 63.6 cm³/mol. The van der Waals surface area contributed by atoms with E-state index in [0.717, 1.165) is 5.56 Å². The van der Waals surface area contributed by atoms with Gasteiger partial charge in [0.05, 0.1) is 6.04 Å². The van der Waals surface area contributed by atoms with Crippen LogP contribution < -0.4 is 5.32 Å². The number of aryl methyl sites for hydroxylation is 1. The van der Waals surface area contributed by atoms with Gasteiger partial charge in [-0.25, -0.2) is 0 Å². The molecule has 0 aliphatic carbocycles. The molecule has 4 nitrogen and oxygen atoms in total. The first-order chi connectivity index (χ1) is 8.16. The molecule has 0 unspecified atom stereocenters. The fraction of sp³-hybridized carbons (Fsp3) is 0.231. The monoisotopic (exact) mass is 230 g/mol. The summed E-state index contributed by atoms with van der Waals surface area (Å²) in [5, 5.41) is 6.54. The van der Waals surface area contributed by atoms with Gasteiger partial charge in [0.15, 0.2) is 5.69 Å². The van der Waals surface area contributed by atoms with Gasteiger partial charge in [-0.2, -0.15) is 0 Å². The highest BCUT2D eigenvalue weighted by atomic mass is 16.5. The highest BCUT2D eigenvalue weighted by molar-refractivity contribution is 5.92. The van der Waals surface area contributed by atoms with Crippen molar-refractivity contribution in [3.8, 4) is 0 Å². The molecule has 0 fully saturated rings. The van der Waals surface area contributed by atoms with Crippen LogP contribution in [0.1, 0.15) is 34.8 Å². The van der Waals surface area contributed by atoms with Gasteiger partial charge in [-0.15, -0.1) is 0 Å². The van der Waals surface area contributed by atoms with Crippen LogP contribution in [0.2, 0.25) is 0 Å². The number of carbonyl (C=O) groups is 1. The van der Waals surface area contributed by atoms with E-state index >= 15 is 0 Å². The van der Waals surface area contributed by atoms with Gasteiger partial charge in [0.2, 0.25) is 0 Å². The summed E-state index contributed by atoms with van der Waals surface area (Å²) in [4.78, 5) is 11.8. The summed E-state index contributed by atoms with van der Waals surface area (Å²) in [5.74, 6) is 0.403. The Morgan fingerprint density at radius 2 is 2.06 bits per heavy atom. The second-order valence-corrected chi connectivity index (χ2v) is 3.93. The van der Waals surface area contributed by atoms with Crippen LogP contribution >= 0.6 is 0 Å². The third kappa shape index (κ3) is 2.72. The molecule has 0 spiro atoms. The average Bonchev–Trinajstić information content (AvgIpc) is 2.77. The Morgan fingerprint density at radius 3 is 2.65 bits per heavy atom. The fourth-order valence-corrected chi connectivity index (χ4v) is 1.57. The standard InChI is InChI=1S/C13H14N2O2/c1-9-8-12(15-17-9)13(16)14-10(2)11-6-4-3-5-7-11/h3-8,10H,1-2H3,(H,14,16)/t10-/m1/s1. The molecule has 0 saturated heterocycles. The lowest BCUT2D eigenvalue weighted by Crippen LogP contribution is -2.26. The first kappa shape index (κ1) is 11.4. The SMILES string of the molecule is Cc1cc(C(=O)N[C@H](C)c2ccccc2)no1. The van der Waals surface area contributed by atoms with Crippen molar-refractivity contribution in [2.24, 2.45) is 0 Å². The van der Waals surface area contributed by atoms with E-state index in [2.05, 4.69) is 10.5 Å². The molecule has 1 heterocycles. The molecule has 1 N–H and O–H groups in total. The van der Waals surface area contributed by atoms with Crippen molar-refractivity contribution < 1.29 is 9.32 Å². The molecule has 0 aliphatic rings. The minimum Gasteiger partial charge on any atom is -0.361 e. The second-order valence-electron chi connectivity index (χ2n) is 3.93. The summed E-state index contributed by atoms with van der Waals surface area (Å²) in [7, 11) is 0. The van der Waals surface area contributed by atoms with Gasteiger partial charge in [0.25, 0.3) is 5.91 Å². The van der Waals surface area contributed by atoms with Gasteiger partial charge in [-0.05, 0) is 19.4 Å². The number of hydrogen-bond acceptors (Lipinski definition) is 3. The van der Waals surface area contributed by atoms with Crippen molar-refractivity contribution in [2.45, 2.75) is 19.9 Å². The number of aromatic nitrogens is 1. The predicted octanol–water partition coefficient (Wildman–Crippen LogP) is 2.47. The summed E-state index contributed by atoms with van der Waals surface area (Å²) < 4.78 is 4.86. The van der Waals surface area contributed by atoms with Crippen molar-refractivity contribution in [3.63, 3.8) is 0 Å². The van der Waals surface area contributed by atoms with E-state index in [9.17, 15) is 4.79 Å². The molecule has 2 rings (SSSR count). The van der Waals surface area contributed by atoms with E-state index in [1.807, 2.05) is 37.3 Å². The van der Waals surface area contributed by atoms with Crippen LogP contribution in [0.4, 0.5) is 0 Å². The largest absolute Gasteiger partial charge is 0.361 e. The molecular weight excluding hydrogens is 216 g/mol. The molecule has 2 aromatic rings. The van der Waals surface area contributed by atoms with E-state index in [1.54, 1.807) is 13.0 Å². The fourth-order valence-electron chi connectivity index (χ4n) is 1.57. The van der Waals surface area contributed by atoms with Gasteiger partial charge in [-0.1, -0.05) is 35.5 Å². The van der Waals surface area contributed by atoms with Gasteiger partial charge in [0.1, 0.15) is 5.76 Å². The Morgan fingerprint density at radius 1 is 1.35 bits per heavy atom. The lowest BCUT2D eigenvalue weighted by Gasteiger charge is -2.12. The molecule has 0 aliphatic heterocycles. The number of nitrogens with one attached hydrogen (secondary N) is 1.